The van der Waals surface area contributed by atoms with Crippen LogP contribution in [-0.2, 0) is 9.47 Å². The van der Waals surface area contributed by atoms with Crippen molar-refractivity contribution in [2.24, 2.45) is 11.8 Å². The first-order valence-corrected chi connectivity index (χ1v) is 5.10. The Labute approximate surface area is 79.9 Å². The lowest BCUT2D eigenvalue weighted by atomic mass is 9.94. The fraction of sp³-hybridized carbons (Fsp3) is 0.818. The second-order valence-electron chi connectivity index (χ2n) is 4.43. The van der Waals surface area contributed by atoms with Crippen LogP contribution in [-0.4, -0.2) is 25.4 Å². The summed E-state index contributed by atoms with van der Waals surface area (Å²) < 4.78 is 11.2. The molecule has 2 nitrogen and oxygen atoms in total. The predicted molar refractivity (Wildman–Crippen MR) is 51.6 cm³/mol. The number of rotatable bonds is 2. The van der Waals surface area contributed by atoms with Gasteiger partial charge in [-0.05, 0) is 17.9 Å². The Kier molecular flexibility index (Phi) is 2.43. The largest absolute Gasteiger partial charge is 0.378 e. The highest BCUT2D eigenvalue weighted by atomic mass is 16.6. The smallest absolute Gasteiger partial charge is 0.0867 e. The van der Waals surface area contributed by atoms with Crippen LogP contribution in [0.3, 0.4) is 0 Å². The number of fused-ring (bicyclic) bond motifs is 1. The molecule has 3 unspecified atom stereocenters. The molecule has 0 aromatic heterocycles. The molecule has 2 fully saturated rings. The fourth-order valence-electron chi connectivity index (χ4n) is 2.10. The van der Waals surface area contributed by atoms with Gasteiger partial charge in [-0.1, -0.05) is 20.4 Å². The molecular weight excluding hydrogens is 164 g/mol. The van der Waals surface area contributed by atoms with E-state index in [1.807, 2.05) is 0 Å². The molecule has 0 aromatic carbocycles. The zero-order chi connectivity index (χ0) is 9.42. The van der Waals surface area contributed by atoms with E-state index in [1.165, 1.54) is 5.57 Å². The van der Waals surface area contributed by atoms with Gasteiger partial charge in [0.2, 0.25) is 0 Å². The Morgan fingerprint density at radius 2 is 2.15 bits per heavy atom. The fourth-order valence-corrected chi connectivity index (χ4v) is 2.10. The first-order chi connectivity index (χ1) is 6.18. The normalized spacial score (nSPS) is 38.2. The van der Waals surface area contributed by atoms with Crippen LogP contribution in [0.5, 0.6) is 0 Å². The minimum atomic E-state index is 0.291. The van der Waals surface area contributed by atoms with Crippen LogP contribution in [0.15, 0.2) is 12.2 Å². The molecular formula is C11H18O2. The van der Waals surface area contributed by atoms with Crippen LogP contribution in [0.25, 0.3) is 0 Å². The van der Waals surface area contributed by atoms with Crippen molar-refractivity contribution in [2.45, 2.75) is 32.5 Å². The average Bonchev–Trinajstić information content (AvgIpc) is 2.59. The summed E-state index contributed by atoms with van der Waals surface area (Å²) in [4.78, 5) is 0. The van der Waals surface area contributed by atoms with E-state index in [0.29, 0.717) is 24.0 Å². The molecule has 0 bridgehead atoms. The van der Waals surface area contributed by atoms with E-state index in [2.05, 4.69) is 20.4 Å². The van der Waals surface area contributed by atoms with Gasteiger partial charge in [0, 0.05) is 5.92 Å². The zero-order valence-corrected chi connectivity index (χ0v) is 8.45. The third-order valence-corrected chi connectivity index (χ3v) is 3.15. The minimum Gasteiger partial charge on any atom is -0.378 e. The summed E-state index contributed by atoms with van der Waals surface area (Å²) >= 11 is 0. The summed E-state index contributed by atoms with van der Waals surface area (Å²) in [5.41, 5.74) is 1.24. The molecule has 2 heterocycles. The zero-order valence-electron chi connectivity index (χ0n) is 8.45. The molecule has 74 valence electrons. The highest BCUT2D eigenvalue weighted by Gasteiger charge is 2.40. The number of hydrogen-bond acceptors (Lipinski definition) is 2. The second-order valence-corrected chi connectivity index (χ2v) is 4.43. The molecule has 0 aliphatic carbocycles. The quantitative estimate of drug-likeness (QED) is 0.608. The summed E-state index contributed by atoms with van der Waals surface area (Å²) in [6, 6.07) is 0. The van der Waals surface area contributed by atoms with Crippen LogP contribution in [0.2, 0.25) is 0 Å². The van der Waals surface area contributed by atoms with E-state index >= 15 is 0 Å². The van der Waals surface area contributed by atoms with Gasteiger partial charge in [0.05, 0.1) is 25.4 Å². The Bertz CT molecular complexity index is 198. The van der Waals surface area contributed by atoms with Crippen LogP contribution in [0, 0.1) is 11.8 Å². The van der Waals surface area contributed by atoms with Crippen molar-refractivity contribution in [3.63, 3.8) is 0 Å². The maximum Gasteiger partial charge on any atom is 0.0867 e. The lowest BCUT2D eigenvalue weighted by molar-refractivity contribution is 0.0329. The first kappa shape index (κ1) is 9.22. The molecule has 0 spiro atoms. The van der Waals surface area contributed by atoms with Gasteiger partial charge in [-0.3, -0.25) is 0 Å². The van der Waals surface area contributed by atoms with Crippen molar-refractivity contribution in [1.82, 2.24) is 0 Å². The molecule has 2 aliphatic heterocycles. The third kappa shape index (κ3) is 1.65. The SMILES string of the molecule is C=C(C(C)C)C1CC2COCC2O1. The number of ether oxygens (including phenoxy) is 2. The van der Waals surface area contributed by atoms with Gasteiger partial charge in [0.15, 0.2) is 0 Å². The molecule has 13 heavy (non-hydrogen) atoms. The maximum atomic E-state index is 5.88. The standard InChI is InChI=1S/C11H18O2/c1-7(2)8(3)10-4-9-5-12-6-11(9)13-10/h7,9-11H,3-6H2,1-2H3. The van der Waals surface area contributed by atoms with Crippen molar-refractivity contribution in [3.05, 3.63) is 12.2 Å². The van der Waals surface area contributed by atoms with Crippen molar-refractivity contribution >= 4 is 0 Å². The molecule has 2 heteroatoms. The molecule has 0 radical (unpaired) electrons. The Morgan fingerprint density at radius 3 is 2.77 bits per heavy atom. The van der Waals surface area contributed by atoms with Gasteiger partial charge >= 0.3 is 0 Å². The van der Waals surface area contributed by atoms with Crippen molar-refractivity contribution < 1.29 is 9.47 Å². The first-order valence-electron chi connectivity index (χ1n) is 5.10. The van der Waals surface area contributed by atoms with Gasteiger partial charge in [-0.15, -0.1) is 0 Å². The Hall–Kier alpha value is -0.340. The van der Waals surface area contributed by atoms with Gasteiger partial charge < -0.3 is 9.47 Å². The molecule has 0 N–H and O–H groups in total. The molecule has 2 saturated heterocycles. The minimum absolute atomic E-state index is 0.291. The van der Waals surface area contributed by atoms with Crippen LogP contribution >= 0.6 is 0 Å². The molecule has 2 aliphatic rings. The Balaban J connectivity index is 1.95. The van der Waals surface area contributed by atoms with Crippen molar-refractivity contribution in [1.29, 1.82) is 0 Å². The third-order valence-electron chi connectivity index (χ3n) is 3.15. The molecule has 0 saturated carbocycles. The predicted octanol–water partition coefficient (Wildman–Crippen LogP) is 2.00. The van der Waals surface area contributed by atoms with Gasteiger partial charge in [-0.2, -0.15) is 0 Å². The van der Waals surface area contributed by atoms with Crippen LogP contribution in [0.1, 0.15) is 20.3 Å². The van der Waals surface area contributed by atoms with Crippen LogP contribution in [0.4, 0.5) is 0 Å². The summed E-state index contributed by atoms with van der Waals surface area (Å²) in [6.45, 7) is 10.1. The molecule has 3 atom stereocenters. The average molecular weight is 182 g/mol. The lowest BCUT2D eigenvalue weighted by Crippen LogP contribution is -2.17. The van der Waals surface area contributed by atoms with Gasteiger partial charge in [-0.25, -0.2) is 0 Å². The van der Waals surface area contributed by atoms with Crippen molar-refractivity contribution in [3.8, 4) is 0 Å². The van der Waals surface area contributed by atoms with Gasteiger partial charge in [0.25, 0.3) is 0 Å². The highest BCUT2D eigenvalue weighted by molar-refractivity contribution is 5.09. The Morgan fingerprint density at radius 1 is 1.38 bits per heavy atom. The van der Waals surface area contributed by atoms with Crippen LogP contribution < -0.4 is 0 Å². The topological polar surface area (TPSA) is 18.5 Å². The summed E-state index contributed by atoms with van der Waals surface area (Å²) in [7, 11) is 0. The van der Waals surface area contributed by atoms with E-state index in [1.54, 1.807) is 0 Å². The van der Waals surface area contributed by atoms with E-state index in [0.717, 1.165) is 19.6 Å². The molecule has 2 rings (SSSR count). The van der Waals surface area contributed by atoms with Crippen molar-refractivity contribution in [2.75, 3.05) is 13.2 Å². The van der Waals surface area contributed by atoms with E-state index in [9.17, 15) is 0 Å². The molecule has 0 aromatic rings. The van der Waals surface area contributed by atoms with E-state index < -0.39 is 0 Å². The monoisotopic (exact) mass is 182 g/mol. The number of hydrogen-bond donors (Lipinski definition) is 0. The summed E-state index contributed by atoms with van der Waals surface area (Å²) in [5.74, 6) is 1.16. The maximum absolute atomic E-state index is 5.88. The lowest BCUT2D eigenvalue weighted by Gasteiger charge is -2.17. The van der Waals surface area contributed by atoms with Gasteiger partial charge in [0.1, 0.15) is 0 Å². The summed E-state index contributed by atoms with van der Waals surface area (Å²) in [5, 5.41) is 0. The second kappa shape index (κ2) is 3.43. The highest BCUT2D eigenvalue weighted by Crippen LogP contribution is 2.35. The van der Waals surface area contributed by atoms with E-state index in [-0.39, 0.29) is 0 Å². The molecule has 0 amide bonds. The summed E-state index contributed by atoms with van der Waals surface area (Å²) in [6.07, 6.45) is 1.75. The van der Waals surface area contributed by atoms with E-state index in [4.69, 9.17) is 9.47 Å².